The molecule has 7 heteroatoms. The van der Waals surface area contributed by atoms with Gasteiger partial charge in [-0.15, -0.1) is 0 Å². The molecule has 1 fully saturated rings. The maximum absolute atomic E-state index is 13.6. The molecule has 0 aliphatic carbocycles. The van der Waals surface area contributed by atoms with Crippen molar-refractivity contribution in [1.29, 1.82) is 0 Å². The van der Waals surface area contributed by atoms with Gasteiger partial charge in [-0.1, -0.05) is 18.2 Å². The van der Waals surface area contributed by atoms with E-state index in [0.717, 1.165) is 32.4 Å². The van der Waals surface area contributed by atoms with Gasteiger partial charge in [-0.3, -0.25) is 4.79 Å². The van der Waals surface area contributed by atoms with Crippen molar-refractivity contribution in [3.05, 3.63) is 65.5 Å². The number of amides is 1. The molecule has 1 saturated heterocycles. The number of piperidine rings is 1. The Hall–Kier alpha value is -2.25. The molecule has 1 aliphatic rings. The number of carbonyl (C=O) groups excluding carboxylic acids is 1. The van der Waals surface area contributed by atoms with Crippen LogP contribution in [-0.2, 0) is 16.4 Å². The average Bonchev–Trinajstić information content (AvgIpc) is 2.69. The number of benzene rings is 2. The molecular weight excluding hydrogens is 367 g/mol. The minimum Gasteiger partial charge on any atom is -0.339 e. The van der Waals surface area contributed by atoms with Crippen LogP contribution in [0.15, 0.2) is 53.4 Å². The summed E-state index contributed by atoms with van der Waals surface area (Å²) in [4.78, 5) is 14.3. The monoisotopic (exact) mass is 390 g/mol. The lowest BCUT2D eigenvalue weighted by Gasteiger charge is -2.26. The summed E-state index contributed by atoms with van der Waals surface area (Å²) in [6, 6.07) is 12.2. The molecule has 144 valence electrons. The van der Waals surface area contributed by atoms with E-state index in [1.807, 2.05) is 0 Å². The predicted molar refractivity (Wildman–Crippen MR) is 101 cm³/mol. The largest absolute Gasteiger partial charge is 0.339 e. The third-order valence-corrected chi connectivity index (χ3v) is 6.18. The first kappa shape index (κ1) is 19.5. The maximum atomic E-state index is 13.6. The van der Waals surface area contributed by atoms with E-state index < -0.39 is 10.0 Å². The highest BCUT2D eigenvalue weighted by atomic mass is 32.2. The van der Waals surface area contributed by atoms with Crippen molar-refractivity contribution in [3.63, 3.8) is 0 Å². The summed E-state index contributed by atoms with van der Waals surface area (Å²) < 4.78 is 40.8. The fraction of sp³-hybridized carbons (Fsp3) is 0.350. The van der Waals surface area contributed by atoms with E-state index in [4.69, 9.17) is 0 Å². The SMILES string of the molecule is O=C(c1ccc(S(=O)(=O)NCCc2ccccc2F)cc1)N1CCCCC1. The Morgan fingerprint density at radius 1 is 1.00 bits per heavy atom. The first-order chi connectivity index (χ1) is 13.0. The Bertz CT molecular complexity index is 892. The molecule has 5 nitrogen and oxygen atoms in total. The van der Waals surface area contributed by atoms with Crippen LogP contribution in [0.2, 0.25) is 0 Å². The summed E-state index contributed by atoms with van der Waals surface area (Å²) in [5, 5.41) is 0. The van der Waals surface area contributed by atoms with E-state index in [9.17, 15) is 17.6 Å². The van der Waals surface area contributed by atoms with Crippen molar-refractivity contribution >= 4 is 15.9 Å². The lowest BCUT2D eigenvalue weighted by Crippen LogP contribution is -2.35. The minimum atomic E-state index is -3.71. The smallest absolute Gasteiger partial charge is 0.253 e. The molecule has 1 N–H and O–H groups in total. The Kier molecular flexibility index (Phi) is 6.23. The number of rotatable bonds is 6. The quantitative estimate of drug-likeness (QED) is 0.825. The van der Waals surface area contributed by atoms with Crippen LogP contribution in [0.3, 0.4) is 0 Å². The zero-order valence-corrected chi connectivity index (χ0v) is 15.8. The molecule has 0 aromatic heterocycles. The highest BCUT2D eigenvalue weighted by Crippen LogP contribution is 2.16. The number of nitrogens with one attached hydrogen (secondary N) is 1. The Morgan fingerprint density at radius 2 is 1.67 bits per heavy atom. The molecule has 0 saturated carbocycles. The summed E-state index contributed by atoms with van der Waals surface area (Å²) in [5.74, 6) is -0.413. The third-order valence-electron chi connectivity index (χ3n) is 4.70. The van der Waals surface area contributed by atoms with Crippen LogP contribution >= 0.6 is 0 Å². The van der Waals surface area contributed by atoms with Gasteiger partial charge < -0.3 is 4.90 Å². The van der Waals surface area contributed by atoms with Crippen LogP contribution in [-0.4, -0.2) is 38.9 Å². The molecule has 27 heavy (non-hydrogen) atoms. The Morgan fingerprint density at radius 3 is 2.33 bits per heavy atom. The molecule has 0 spiro atoms. The number of hydrogen-bond donors (Lipinski definition) is 1. The lowest BCUT2D eigenvalue weighted by atomic mass is 10.1. The van der Waals surface area contributed by atoms with Crippen molar-refractivity contribution in [2.75, 3.05) is 19.6 Å². The first-order valence-electron chi connectivity index (χ1n) is 9.10. The Balaban J connectivity index is 1.61. The van der Waals surface area contributed by atoms with Crippen LogP contribution in [0.4, 0.5) is 4.39 Å². The molecule has 1 aliphatic heterocycles. The second-order valence-corrected chi connectivity index (χ2v) is 8.38. The highest BCUT2D eigenvalue weighted by molar-refractivity contribution is 7.89. The summed E-state index contributed by atoms with van der Waals surface area (Å²) >= 11 is 0. The number of hydrogen-bond acceptors (Lipinski definition) is 3. The normalized spacial score (nSPS) is 14.9. The molecule has 2 aromatic rings. The van der Waals surface area contributed by atoms with Crippen molar-refractivity contribution in [2.45, 2.75) is 30.6 Å². The predicted octanol–water partition coefficient (Wildman–Crippen LogP) is 2.97. The van der Waals surface area contributed by atoms with Gasteiger partial charge in [0.05, 0.1) is 4.90 Å². The zero-order chi connectivity index (χ0) is 19.3. The van der Waals surface area contributed by atoms with Gasteiger partial charge in [0, 0.05) is 25.2 Å². The molecule has 0 atom stereocenters. The number of halogens is 1. The number of carbonyl (C=O) groups is 1. The molecule has 1 heterocycles. The first-order valence-corrected chi connectivity index (χ1v) is 10.6. The van der Waals surface area contributed by atoms with Crippen LogP contribution in [0, 0.1) is 5.82 Å². The van der Waals surface area contributed by atoms with Gasteiger partial charge in [0.2, 0.25) is 10.0 Å². The van der Waals surface area contributed by atoms with E-state index in [2.05, 4.69) is 4.72 Å². The number of nitrogens with zero attached hydrogens (tertiary/aromatic N) is 1. The van der Waals surface area contributed by atoms with Crippen LogP contribution in [0.25, 0.3) is 0 Å². The van der Waals surface area contributed by atoms with Crippen LogP contribution < -0.4 is 4.72 Å². The van der Waals surface area contributed by atoms with Crippen molar-refractivity contribution in [2.24, 2.45) is 0 Å². The van der Waals surface area contributed by atoms with Gasteiger partial charge in [0.15, 0.2) is 0 Å². The van der Waals surface area contributed by atoms with Gasteiger partial charge in [-0.2, -0.15) is 0 Å². The van der Waals surface area contributed by atoms with Gasteiger partial charge in [0.1, 0.15) is 5.82 Å². The minimum absolute atomic E-state index is 0.0637. The number of sulfonamides is 1. The highest BCUT2D eigenvalue weighted by Gasteiger charge is 2.19. The lowest BCUT2D eigenvalue weighted by molar-refractivity contribution is 0.0724. The maximum Gasteiger partial charge on any atom is 0.253 e. The van der Waals surface area contributed by atoms with Gasteiger partial charge in [-0.05, 0) is 61.6 Å². The molecule has 0 unspecified atom stereocenters. The van der Waals surface area contributed by atoms with Crippen molar-refractivity contribution < 1.29 is 17.6 Å². The second kappa shape index (κ2) is 8.63. The van der Waals surface area contributed by atoms with Gasteiger partial charge in [-0.25, -0.2) is 17.5 Å². The molecule has 0 bridgehead atoms. The van der Waals surface area contributed by atoms with Crippen LogP contribution in [0.1, 0.15) is 35.2 Å². The van der Waals surface area contributed by atoms with Crippen LogP contribution in [0.5, 0.6) is 0 Å². The average molecular weight is 390 g/mol. The van der Waals surface area contributed by atoms with E-state index in [-0.39, 0.29) is 29.6 Å². The summed E-state index contributed by atoms with van der Waals surface area (Å²) in [5.41, 5.74) is 0.949. The molecule has 2 aromatic carbocycles. The standard InChI is InChI=1S/C20H23FN2O3S/c21-19-7-3-2-6-16(19)12-13-22-27(25,26)18-10-8-17(9-11-18)20(24)23-14-4-1-5-15-23/h2-3,6-11,22H,1,4-5,12-15H2. The topological polar surface area (TPSA) is 66.5 Å². The van der Waals surface area contributed by atoms with Crippen molar-refractivity contribution in [3.8, 4) is 0 Å². The van der Waals surface area contributed by atoms with E-state index in [0.29, 0.717) is 11.1 Å². The van der Waals surface area contributed by atoms with E-state index in [1.54, 1.807) is 35.2 Å². The Labute approximate surface area is 159 Å². The third kappa shape index (κ3) is 4.93. The summed E-state index contributed by atoms with van der Waals surface area (Å²) in [7, 11) is -3.71. The summed E-state index contributed by atoms with van der Waals surface area (Å²) in [6.45, 7) is 1.59. The fourth-order valence-electron chi connectivity index (χ4n) is 3.16. The molecule has 1 amide bonds. The van der Waals surface area contributed by atoms with E-state index in [1.165, 1.54) is 18.2 Å². The molecule has 3 rings (SSSR count). The van der Waals surface area contributed by atoms with Gasteiger partial charge in [0.25, 0.3) is 5.91 Å². The molecule has 0 radical (unpaired) electrons. The zero-order valence-electron chi connectivity index (χ0n) is 15.0. The number of likely N-dealkylation sites (tertiary alicyclic amines) is 1. The molecular formula is C20H23FN2O3S. The van der Waals surface area contributed by atoms with Crippen molar-refractivity contribution in [1.82, 2.24) is 9.62 Å². The fourth-order valence-corrected chi connectivity index (χ4v) is 4.19. The van der Waals surface area contributed by atoms with Gasteiger partial charge >= 0.3 is 0 Å². The van der Waals surface area contributed by atoms with E-state index >= 15 is 0 Å². The summed E-state index contributed by atoms with van der Waals surface area (Å²) in [6.07, 6.45) is 3.41. The second-order valence-electron chi connectivity index (χ2n) is 6.62.